The minimum absolute atomic E-state index is 0.183. The van der Waals surface area contributed by atoms with Gasteiger partial charge in [0.15, 0.2) is 0 Å². The lowest BCUT2D eigenvalue weighted by atomic mass is 9.82. The van der Waals surface area contributed by atoms with Crippen LogP contribution in [0.15, 0.2) is 36.4 Å². The number of Topliss-reactive ketones (excluding diaryl/α,β-unsaturated/α-hetero) is 1. The van der Waals surface area contributed by atoms with Gasteiger partial charge >= 0.3 is 0 Å². The number of anilines is 2. The Balaban J connectivity index is 2.34. The number of rotatable bonds is 4. The zero-order valence-electron chi connectivity index (χ0n) is 13.7. The van der Waals surface area contributed by atoms with Gasteiger partial charge in [0, 0.05) is 23.2 Å². The quantitative estimate of drug-likeness (QED) is 0.839. The Morgan fingerprint density at radius 3 is 1.55 bits per heavy atom. The van der Waals surface area contributed by atoms with Crippen molar-refractivity contribution in [2.45, 2.75) is 39.5 Å². The van der Waals surface area contributed by atoms with Crippen molar-refractivity contribution in [3.8, 4) is 0 Å². The van der Waals surface area contributed by atoms with E-state index >= 15 is 0 Å². The van der Waals surface area contributed by atoms with Crippen molar-refractivity contribution < 1.29 is 4.79 Å². The van der Waals surface area contributed by atoms with Crippen molar-refractivity contribution in [2.24, 2.45) is 0 Å². The molecule has 0 heterocycles. The standard InChI is InChI=1S/C19H24N2O/c1-11-15(7-5-9-17(11)20)13(3)19(22)14(4)16-8-6-10-18(21)12(16)2/h5-10,13-14H,20-21H2,1-4H3. The van der Waals surface area contributed by atoms with Crippen molar-refractivity contribution in [1.29, 1.82) is 0 Å². The van der Waals surface area contributed by atoms with Crippen molar-refractivity contribution in [1.82, 2.24) is 0 Å². The summed E-state index contributed by atoms with van der Waals surface area (Å²) in [5.74, 6) is -0.207. The molecule has 3 heteroatoms. The Hall–Kier alpha value is -2.29. The molecule has 0 bridgehead atoms. The SMILES string of the molecule is Cc1c(N)cccc1C(C)C(=O)C(C)c1cccc(N)c1C. The summed E-state index contributed by atoms with van der Waals surface area (Å²) in [6, 6.07) is 11.5. The predicted octanol–water partition coefficient (Wildman–Crippen LogP) is 3.94. The Morgan fingerprint density at radius 1 is 0.818 bits per heavy atom. The summed E-state index contributed by atoms with van der Waals surface area (Å²) in [6.07, 6.45) is 0. The van der Waals surface area contributed by atoms with Crippen LogP contribution in [0.3, 0.4) is 0 Å². The van der Waals surface area contributed by atoms with Crippen molar-refractivity contribution in [3.63, 3.8) is 0 Å². The Bertz CT molecular complexity index is 647. The second-order valence-corrected chi connectivity index (χ2v) is 5.97. The highest BCUT2D eigenvalue weighted by atomic mass is 16.1. The van der Waals surface area contributed by atoms with E-state index in [0.29, 0.717) is 0 Å². The van der Waals surface area contributed by atoms with Gasteiger partial charge < -0.3 is 11.5 Å². The molecule has 0 fully saturated rings. The number of carbonyl (C=O) groups is 1. The first-order valence-corrected chi connectivity index (χ1v) is 7.58. The van der Waals surface area contributed by atoms with Gasteiger partial charge in [0.25, 0.3) is 0 Å². The molecule has 22 heavy (non-hydrogen) atoms. The summed E-state index contributed by atoms with van der Waals surface area (Å²) in [7, 11) is 0. The first kappa shape index (κ1) is 16.1. The molecular weight excluding hydrogens is 272 g/mol. The third-order valence-electron chi connectivity index (χ3n) is 4.62. The van der Waals surface area contributed by atoms with Crippen molar-refractivity contribution >= 4 is 17.2 Å². The van der Waals surface area contributed by atoms with E-state index in [2.05, 4.69) is 0 Å². The van der Waals surface area contributed by atoms with Gasteiger partial charge in [0.2, 0.25) is 0 Å². The third kappa shape index (κ3) is 2.84. The smallest absolute Gasteiger partial charge is 0.147 e. The number of hydrogen-bond donors (Lipinski definition) is 2. The van der Waals surface area contributed by atoms with Crippen LogP contribution in [0.25, 0.3) is 0 Å². The van der Waals surface area contributed by atoms with Crippen LogP contribution in [0.2, 0.25) is 0 Å². The zero-order chi connectivity index (χ0) is 16.4. The minimum atomic E-state index is -0.195. The number of carbonyl (C=O) groups excluding carboxylic acids is 1. The minimum Gasteiger partial charge on any atom is -0.399 e. The van der Waals surface area contributed by atoms with Gasteiger partial charge in [-0.15, -0.1) is 0 Å². The monoisotopic (exact) mass is 296 g/mol. The molecule has 2 aromatic rings. The van der Waals surface area contributed by atoms with E-state index in [-0.39, 0.29) is 17.6 Å². The highest BCUT2D eigenvalue weighted by Crippen LogP contribution is 2.32. The lowest BCUT2D eigenvalue weighted by molar-refractivity contribution is -0.121. The summed E-state index contributed by atoms with van der Waals surface area (Å²) in [5, 5.41) is 0. The topological polar surface area (TPSA) is 69.1 Å². The first-order chi connectivity index (χ1) is 10.3. The molecule has 0 saturated heterocycles. The van der Waals surface area contributed by atoms with Crippen LogP contribution in [0.5, 0.6) is 0 Å². The lowest BCUT2D eigenvalue weighted by Gasteiger charge is -2.21. The first-order valence-electron chi connectivity index (χ1n) is 7.58. The second kappa shape index (κ2) is 6.22. The fourth-order valence-electron chi connectivity index (χ4n) is 2.96. The number of hydrogen-bond acceptors (Lipinski definition) is 3. The van der Waals surface area contributed by atoms with E-state index in [4.69, 9.17) is 11.5 Å². The summed E-state index contributed by atoms with van der Waals surface area (Å²) >= 11 is 0. The van der Waals surface area contributed by atoms with Crippen LogP contribution >= 0.6 is 0 Å². The highest BCUT2D eigenvalue weighted by molar-refractivity contribution is 5.92. The van der Waals surface area contributed by atoms with E-state index in [1.54, 1.807) is 0 Å². The largest absolute Gasteiger partial charge is 0.399 e. The third-order valence-corrected chi connectivity index (χ3v) is 4.62. The molecule has 0 saturated carbocycles. The average molecular weight is 296 g/mol. The van der Waals surface area contributed by atoms with Crippen LogP contribution in [-0.2, 0) is 4.79 Å². The molecule has 2 aromatic carbocycles. The Morgan fingerprint density at radius 2 is 1.18 bits per heavy atom. The lowest BCUT2D eigenvalue weighted by Crippen LogP contribution is -2.18. The summed E-state index contributed by atoms with van der Waals surface area (Å²) in [6.45, 7) is 7.82. The fraction of sp³-hybridized carbons (Fsp3) is 0.316. The summed E-state index contributed by atoms with van der Waals surface area (Å²) in [5.41, 5.74) is 17.3. The van der Waals surface area contributed by atoms with E-state index in [1.807, 2.05) is 64.1 Å². The maximum Gasteiger partial charge on any atom is 0.147 e. The van der Waals surface area contributed by atoms with Gasteiger partial charge in [0.1, 0.15) is 5.78 Å². The fourth-order valence-corrected chi connectivity index (χ4v) is 2.96. The molecule has 2 rings (SSSR count). The molecule has 4 N–H and O–H groups in total. The molecule has 116 valence electrons. The Labute approximate surface area is 132 Å². The van der Waals surface area contributed by atoms with Gasteiger partial charge in [-0.2, -0.15) is 0 Å². The van der Waals surface area contributed by atoms with E-state index in [9.17, 15) is 4.79 Å². The Kier molecular flexibility index (Phi) is 4.55. The van der Waals surface area contributed by atoms with Gasteiger partial charge in [-0.1, -0.05) is 38.1 Å². The number of nitrogen functional groups attached to an aromatic ring is 2. The molecule has 3 nitrogen and oxygen atoms in total. The molecule has 2 unspecified atom stereocenters. The van der Waals surface area contributed by atoms with E-state index < -0.39 is 0 Å². The molecule has 0 aromatic heterocycles. The normalized spacial score (nSPS) is 13.6. The van der Waals surface area contributed by atoms with Crippen LogP contribution < -0.4 is 11.5 Å². The van der Waals surface area contributed by atoms with Crippen molar-refractivity contribution in [3.05, 3.63) is 58.7 Å². The number of benzene rings is 2. The van der Waals surface area contributed by atoms with Crippen LogP contribution in [0, 0.1) is 13.8 Å². The molecule has 0 aliphatic carbocycles. The number of ketones is 1. The number of nitrogens with two attached hydrogens (primary N) is 2. The zero-order valence-corrected chi connectivity index (χ0v) is 13.7. The average Bonchev–Trinajstić information content (AvgIpc) is 2.50. The van der Waals surface area contributed by atoms with Gasteiger partial charge in [-0.05, 0) is 48.2 Å². The maximum absolute atomic E-state index is 12.9. The van der Waals surface area contributed by atoms with Crippen LogP contribution in [0.4, 0.5) is 11.4 Å². The van der Waals surface area contributed by atoms with Gasteiger partial charge in [-0.25, -0.2) is 0 Å². The van der Waals surface area contributed by atoms with Crippen LogP contribution in [-0.4, -0.2) is 5.78 Å². The van der Waals surface area contributed by atoms with Crippen LogP contribution in [0.1, 0.15) is 47.9 Å². The van der Waals surface area contributed by atoms with E-state index in [1.165, 1.54) is 0 Å². The maximum atomic E-state index is 12.9. The summed E-state index contributed by atoms with van der Waals surface area (Å²) in [4.78, 5) is 12.9. The molecule has 0 amide bonds. The molecule has 0 radical (unpaired) electrons. The predicted molar refractivity (Wildman–Crippen MR) is 93.0 cm³/mol. The molecule has 2 atom stereocenters. The van der Waals surface area contributed by atoms with E-state index in [0.717, 1.165) is 33.6 Å². The van der Waals surface area contributed by atoms with Gasteiger partial charge in [0.05, 0.1) is 0 Å². The highest BCUT2D eigenvalue weighted by Gasteiger charge is 2.25. The molecular formula is C19H24N2O. The molecule has 0 aliphatic rings. The van der Waals surface area contributed by atoms with Gasteiger partial charge in [-0.3, -0.25) is 4.79 Å². The summed E-state index contributed by atoms with van der Waals surface area (Å²) < 4.78 is 0. The van der Waals surface area contributed by atoms with Crippen molar-refractivity contribution in [2.75, 3.05) is 11.5 Å². The molecule has 0 aliphatic heterocycles. The second-order valence-electron chi connectivity index (χ2n) is 5.97. The molecule has 0 spiro atoms.